The van der Waals surface area contributed by atoms with Gasteiger partial charge in [0.2, 0.25) is 6.79 Å². The number of aromatic nitrogens is 2. The Bertz CT molecular complexity index is 911. The molecule has 4 rings (SSSR count). The minimum absolute atomic E-state index is 0.0192. The Morgan fingerprint density at radius 3 is 2.70 bits per heavy atom. The van der Waals surface area contributed by atoms with Gasteiger partial charge in [0.25, 0.3) is 0 Å². The number of rotatable bonds is 2. The second kappa shape index (κ2) is 5.44. The summed E-state index contributed by atoms with van der Waals surface area (Å²) >= 11 is 11.9. The van der Waals surface area contributed by atoms with Crippen molar-refractivity contribution >= 4 is 23.2 Å². The van der Waals surface area contributed by atoms with Crippen molar-refractivity contribution < 1.29 is 13.9 Å². The third-order valence-corrected chi connectivity index (χ3v) is 4.15. The highest BCUT2D eigenvalue weighted by Gasteiger charge is 2.16. The van der Waals surface area contributed by atoms with Crippen LogP contribution in [0.3, 0.4) is 0 Å². The lowest BCUT2D eigenvalue weighted by Crippen LogP contribution is -1.92. The molecular formula is C16H9Cl2FN2O2. The summed E-state index contributed by atoms with van der Waals surface area (Å²) in [5, 5.41) is 7.43. The van der Waals surface area contributed by atoms with Crippen molar-refractivity contribution in [2.24, 2.45) is 0 Å². The highest BCUT2D eigenvalue weighted by molar-refractivity contribution is 6.36. The average molecular weight is 351 g/mol. The molecule has 0 bridgehead atoms. The van der Waals surface area contributed by atoms with Crippen molar-refractivity contribution in [1.29, 1.82) is 0 Å². The molecule has 1 aromatic heterocycles. The van der Waals surface area contributed by atoms with Crippen LogP contribution in [-0.2, 0) is 0 Å². The van der Waals surface area contributed by atoms with E-state index >= 15 is 0 Å². The Morgan fingerprint density at radius 2 is 1.83 bits per heavy atom. The Kier molecular flexibility index (Phi) is 3.39. The summed E-state index contributed by atoms with van der Waals surface area (Å²) in [5.74, 6) is 0.834. The number of fused-ring (bicyclic) bond motifs is 1. The molecule has 0 saturated heterocycles. The van der Waals surface area contributed by atoms with E-state index in [0.29, 0.717) is 33.5 Å². The SMILES string of the molecule is Fc1cc(-c2cc(-c3ccc4c(c3)OCO4)n[nH]2)c(Cl)cc1Cl. The van der Waals surface area contributed by atoms with Crippen LogP contribution in [0.5, 0.6) is 11.5 Å². The molecule has 0 atom stereocenters. The normalized spacial score (nSPS) is 12.7. The molecule has 0 fully saturated rings. The van der Waals surface area contributed by atoms with Gasteiger partial charge in [-0.15, -0.1) is 0 Å². The average Bonchev–Trinajstić information content (AvgIpc) is 3.19. The van der Waals surface area contributed by atoms with E-state index in [2.05, 4.69) is 10.2 Å². The van der Waals surface area contributed by atoms with Crippen LogP contribution < -0.4 is 9.47 Å². The van der Waals surface area contributed by atoms with Crippen molar-refractivity contribution in [2.75, 3.05) is 6.79 Å². The van der Waals surface area contributed by atoms with Gasteiger partial charge in [0.1, 0.15) is 5.82 Å². The minimum Gasteiger partial charge on any atom is -0.454 e. The molecule has 0 aliphatic carbocycles. The van der Waals surface area contributed by atoms with Crippen LogP contribution in [0, 0.1) is 5.82 Å². The maximum atomic E-state index is 13.7. The molecule has 0 saturated carbocycles. The molecule has 0 spiro atoms. The summed E-state index contributed by atoms with van der Waals surface area (Å²) in [7, 11) is 0. The van der Waals surface area contributed by atoms with Gasteiger partial charge in [-0.05, 0) is 36.4 Å². The number of ether oxygens (including phenoxy) is 2. The summed E-state index contributed by atoms with van der Waals surface area (Å²) in [6.45, 7) is 0.213. The van der Waals surface area contributed by atoms with Gasteiger partial charge in [-0.1, -0.05) is 23.2 Å². The Labute approximate surface area is 140 Å². The lowest BCUT2D eigenvalue weighted by atomic mass is 10.1. The van der Waals surface area contributed by atoms with E-state index in [-0.39, 0.29) is 11.8 Å². The number of aromatic amines is 1. The first-order valence-corrected chi connectivity index (χ1v) is 7.48. The number of hydrogen-bond donors (Lipinski definition) is 1. The smallest absolute Gasteiger partial charge is 0.231 e. The standard InChI is InChI=1S/C16H9Cl2FN2O2/c17-10-5-11(18)12(19)4-9(10)14-6-13(20-21-14)8-1-2-15-16(3-8)23-7-22-15/h1-6H,7H2,(H,20,21). The van der Waals surface area contributed by atoms with E-state index < -0.39 is 5.82 Å². The van der Waals surface area contributed by atoms with E-state index in [4.69, 9.17) is 32.7 Å². The molecule has 1 aliphatic heterocycles. The third-order valence-electron chi connectivity index (χ3n) is 3.55. The molecular weight excluding hydrogens is 342 g/mol. The van der Waals surface area contributed by atoms with Crippen molar-refractivity contribution in [2.45, 2.75) is 0 Å². The van der Waals surface area contributed by atoms with Crippen LogP contribution in [0.2, 0.25) is 10.0 Å². The van der Waals surface area contributed by atoms with E-state index in [0.717, 1.165) is 5.56 Å². The van der Waals surface area contributed by atoms with Crippen molar-refractivity contribution in [3.05, 3.63) is 52.3 Å². The fourth-order valence-corrected chi connectivity index (χ4v) is 2.88. The largest absolute Gasteiger partial charge is 0.454 e. The number of hydrogen-bond acceptors (Lipinski definition) is 3. The summed E-state index contributed by atoms with van der Waals surface area (Å²) in [6.07, 6.45) is 0. The lowest BCUT2D eigenvalue weighted by molar-refractivity contribution is 0.174. The summed E-state index contributed by atoms with van der Waals surface area (Å²) in [4.78, 5) is 0. The summed E-state index contributed by atoms with van der Waals surface area (Å²) < 4.78 is 24.3. The number of halogens is 3. The van der Waals surface area contributed by atoms with Gasteiger partial charge < -0.3 is 9.47 Å². The van der Waals surface area contributed by atoms with Crippen molar-refractivity contribution in [1.82, 2.24) is 10.2 Å². The predicted octanol–water partition coefficient (Wildman–Crippen LogP) is 4.92. The van der Waals surface area contributed by atoms with E-state index in [9.17, 15) is 4.39 Å². The molecule has 1 aliphatic rings. The first kappa shape index (κ1) is 14.4. The molecule has 2 heterocycles. The number of nitrogens with zero attached hydrogens (tertiary/aromatic N) is 1. The molecule has 23 heavy (non-hydrogen) atoms. The molecule has 116 valence electrons. The van der Waals surface area contributed by atoms with Gasteiger partial charge in [-0.2, -0.15) is 5.10 Å². The molecule has 7 heteroatoms. The van der Waals surface area contributed by atoms with Gasteiger partial charge in [-0.3, -0.25) is 5.10 Å². The second-order valence-corrected chi connectivity index (χ2v) is 5.80. The zero-order valence-electron chi connectivity index (χ0n) is 11.6. The van der Waals surface area contributed by atoms with Crippen LogP contribution in [0.25, 0.3) is 22.5 Å². The third kappa shape index (κ3) is 2.52. The maximum absolute atomic E-state index is 13.7. The minimum atomic E-state index is -0.537. The molecule has 0 radical (unpaired) electrons. The summed E-state index contributed by atoms with van der Waals surface area (Å²) in [5.41, 5.74) is 2.62. The first-order valence-electron chi connectivity index (χ1n) is 6.72. The Hall–Kier alpha value is -2.24. The Balaban J connectivity index is 1.74. The Morgan fingerprint density at radius 1 is 1.00 bits per heavy atom. The van der Waals surface area contributed by atoms with E-state index in [1.54, 1.807) is 6.07 Å². The molecule has 1 N–H and O–H groups in total. The van der Waals surface area contributed by atoms with E-state index in [1.807, 2.05) is 18.2 Å². The second-order valence-electron chi connectivity index (χ2n) is 4.98. The highest BCUT2D eigenvalue weighted by atomic mass is 35.5. The van der Waals surface area contributed by atoms with Crippen LogP contribution in [-0.4, -0.2) is 17.0 Å². The fraction of sp³-hybridized carbons (Fsp3) is 0.0625. The van der Waals surface area contributed by atoms with Gasteiger partial charge >= 0.3 is 0 Å². The van der Waals surface area contributed by atoms with Crippen molar-refractivity contribution in [3.63, 3.8) is 0 Å². The molecule has 3 aromatic rings. The number of H-pyrrole nitrogens is 1. The zero-order valence-corrected chi connectivity index (χ0v) is 13.1. The topological polar surface area (TPSA) is 47.1 Å². The first-order chi connectivity index (χ1) is 11.1. The number of benzene rings is 2. The monoisotopic (exact) mass is 350 g/mol. The highest BCUT2D eigenvalue weighted by Crippen LogP contribution is 2.37. The van der Waals surface area contributed by atoms with Crippen LogP contribution in [0.1, 0.15) is 0 Å². The van der Waals surface area contributed by atoms with Gasteiger partial charge in [0, 0.05) is 11.1 Å². The quantitative estimate of drug-likeness (QED) is 0.667. The molecule has 2 aromatic carbocycles. The zero-order chi connectivity index (χ0) is 16.0. The lowest BCUT2D eigenvalue weighted by Gasteiger charge is -2.03. The maximum Gasteiger partial charge on any atom is 0.231 e. The summed E-state index contributed by atoms with van der Waals surface area (Å²) in [6, 6.07) is 9.97. The molecule has 0 amide bonds. The number of nitrogens with one attached hydrogen (secondary N) is 1. The molecule has 0 unspecified atom stereocenters. The van der Waals surface area contributed by atoms with Crippen molar-refractivity contribution in [3.8, 4) is 34.0 Å². The van der Waals surface area contributed by atoms with Crippen LogP contribution >= 0.6 is 23.2 Å². The van der Waals surface area contributed by atoms with E-state index in [1.165, 1.54) is 12.1 Å². The van der Waals surface area contributed by atoms with Gasteiger partial charge in [0.05, 0.1) is 21.4 Å². The predicted molar refractivity (Wildman–Crippen MR) is 85.6 cm³/mol. The molecule has 4 nitrogen and oxygen atoms in total. The van der Waals surface area contributed by atoms with Gasteiger partial charge in [-0.25, -0.2) is 4.39 Å². The fourth-order valence-electron chi connectivity index (χ4n) is 2.39. The van der Waals surface area contributed by atoms with Crippen LogP contribution in [0.15, 0.2) is 36.4 Å². The van der Waals surface area contributed by atoms with Gasteiger partial charge in [0.15, 0.2) is 11.5 Å². The van der Waals surface area contributed by atoms with Crippen LogP contribution in [0.4, 0.5) is 4.39 Å².